The molecule has 1 aromatic heterocycles. The normalized spacial score (nSPS) is 11.0. The zero-order valence-electron chi connectivity index (χ0n) is 11.3. The summed E-state index contributed by atoms with van der Waals surface area (Å²) in [5, 5.41) is 14.7. The number of benzene rings is 1. The highest BCUT2D eigenvalue weighted by atomic mass is 19.4. The van der Waals surface area contributed by atoms with Gasteiger partial charge in [-0.1, -0.05) is 6.07 Å². The van der Waals surface area contributed by atoms with Gasteiger partial charge in [0.2, 0.25) is 0 Å². The van der Waals surface area contributed by atoms with Gasteiger partial charge in [0.05, 0.1) is 18.2 Å². The minimum Gasteiger partial charge on any atom is -0.350 e. The van der Waals surface area contributed by atoms with Gasteiger partial charge < -0.3 is 5.32 Å². The summed E-state index contributed by atoms with van der Waals surface area (Å²) in [6, 6.07) is 8.93. The van der Waals surface area contributed by atoms with E-state index in [4.69, 9.17) is 5.26 Å². The second-order valence-corrected chi connectivity index (χ2v) is 4.41. The number of nitrogens with one attached hydrogen (secondary N) is 1. The van der Waals surface area contributed by atoms with E-state index in [1.54, 1.807) is 18.2 Å². The molecule has 2 rings (SSSR count). The standard InChI is InChI=1S/C14H11F3N4O/c15-14(16,17)12-4-6-21(20-12)7-5-19-13(22)11-3-1-2-10(8-11)9-18/h1-4,6,8H,5,7H2,(H,19,22). The number of aromatic nitrogens is 2. The van der Waals surface area contributed by atoms with Crippen molar-refractivity contribution in [1.82, 2.24) is 15.1 Å². The van der Waals surface area contributed by atoms with Crippen molar-refractivity contribution in [2.24, 2.45) is 0 Å². The quantitative estimate of drug-likeness (QED) is 0.941. The molecule has 5 nitrogen and oxygen atoms in total. The van der Waals surface area contributed by atoms with Gasteiger partial charge in [0.15, 0.2) is 5.69 Å². The predicted molar refractivity (Wildman–Crippen MR) is 70.7 cm³/mol. The number of nitrogens with zero attached hydrogens (tertiary/aromatic N) is 3. The van der Waals surface area contributed by atoms with Gasteiger partial charge in [0.1, 0.15) is 0 Å². The average Bonchev–Trinajstić information content (AvgIpc) is 2.96. The van der Waals surface area contributed by atoms with Crippen LogP contribution in [-0.4, -0.2) is 22.2 Å². The smallest absolute Gasteiger partial charge is 0.350 e. The van der Waals surface area contributed by atoms with Crippen LogP contribution in [0.4, 0.5) is 13.2 Å². The Hall–Kier alpha value is -2.82. The fourth-order valence-electron chi connectivity index (χ4n) is 1.75. The predicted octanol–water partition coefficient (Wildman–Crippen LogP) is 2.20. The second kappa shape index (κ2) is 6.30. The van der Waals surface area contributed by atoms with Gasteiger partial charge in [-0.25, -0.2) is 0 Å². The fraction of sp³-hybridized carbons (Fsp3) is 0.214. The number of hydrogen-bond donors (Lipinski definition) is 1. The molecule has 22 heavy (non-hydrogen) atoms. The first-order chi connectivity index (χ1) is 10.4. The van der Waals surface area contributed by atoms with Gasteiger partial charge in [0, 0.05) is 18.3 Å². The lowest BCUT2D eigenvalue weighted by molar-refractivity contribution is -0.141. The summed E-state index contributed by atoms with van der Waals surface area (Å²) < 4.78 is 38.2. The summed E-state index contributed by atoms with van der Waals surface area (Å²) in [7, 11) is 0. The topological polar surface area (TPSA) is 70.7 Å². The molecule has 0 aliphatic rings. The van der Waals surface area contributed by atoms with Crippen LogP contribution >= 0.6 is 0 Å². The van der Waals surface area contributed by atoms with Crippen molar-refractivity contribution in [2.75, 3.05) is 6.54 Å². The van der Waals surface area contributed by atoms with E-state index in [0.717, 1.165) is 10.7 Å². The van der Waals surface area contributed by atoms with Crippen LogP contribution in [0, 0.1) is 11.3 Å². The molecular weight excluding hydrogens is 297 g/mol. The number of hydrogen-bond acceptors (Lipinski definition) is 3. The van der Waals surface area contributed by atoms with Crippen LogP contribution in [0.1, 0.15) is 21.6 Å². The molecule has 0 unspecified atom stereocenters. The molecule has 8 heteroatoms. The molecule has 0 aliphatic carbocycles. The Morgan fingerprint density at radius 2 is 2.14 bits per heavy atom. The minimum atomic E-state index is -4.48. The van der Waals surface area contributed by atoms with E-state index in [0.29, 0.717) is 11.1 Å². The van der Waals surface area contributed by atoms with E-state index < -0.39 is 17.8 Å². The molecule has 0 fully saturated rings. The van der Waals surface area contributed by atoms with Crippen LogP contribution < -0.4 is 5.32 Å². The fourth-order valence-corrected chi connectivity index (χ4v) is 1.75. The van der Waals surface area contributed by atoms with E-state index in [1.165, 1.54) is 12.3 Å². The zero-order chi connectivity index (χ0) is 16.2. The molecule has 2 aromatic rings. The minimum absolute atomic E-state index is 0.111. The third-order valence-corrected chi connectivity index (χ3v) is 2.81. The Labute approximate surface area is 124 Å². The number of nitriles is 1. The first-order valence-corrected chi connectivity index (χ1v) is 6.29. The Morgan fingerprint density at radius 1 is 1.36 bits per heavy atom. The molecule has 0 saturated carbocycles. The Morgan fingerprint density at radius 3 is 2.77 bits per heavy atom. The number of halogens is 3. The Balaban J connectivity index is 1.89. The van der Waals surface area contributed by atoms with Crippen molar-refractivity contribution in [3.63, 3.8) is 0 Å². The van der Waals surface area contributed by atoms with Gasteiger partial charge >= 0.3 is 6.18 Å². The van der Waals surface area contributed by atoms with E-state index >= 15 is 0 Å². The van der Waals surface area contributed by atoms with E-state index in [1.807, 2.05) is 6.07 Å². The number of carbonyl (C=O) groups is 1. The first-order valence-electron chi connectivity index (χ1n) is 6.29. The van der Waals surface area contributed by atoms with E-state index in [9.17, 15) is 18.0 Å². The van der Waals surface area contributed by atoms with Gasteiger partial charge in [-0.2, -0.15) is 23.5 Å². The molecule has 0 aliphatic heterocycles. The molecular formula is C14H11F3N4O. The van der Waals surface area contributed by atoms with Crippen LogP contribution in [0.2, 0.25) is 0 Å². The van der Waals surface area contributed by atoms with Crippen LogP contribution in [-0.2, 0) is 12.7 Å². The summed E-state index contributed by atoms with van der Waals surface area (Å²) in [5.41, 5.74) is -0.300. The van der Waals surface area contributed by atoms with Crippen molar-refractivity contribution >= 4 is 5.91 Å². The summed E-state index contributed by atoms with van der Waals surface area (Å²) in [6.45, 7) is 0.231. The number of alkyl halides is 3. The third-order valence-electron chi connectivity index (χ3n) is 2.81. The third kappa shape index (κ3) is 3.85. The van der Waals surface area contributed by atoms with Crippen molar-refractivity contribution in [1.29, 1.82) is 5.26 Å². The van der Waals surface area contributed by atoms with Crippen LogP contribution in [0.15, 0.2) is 36.5 Å². The molecule has 1 heterocycles. The molecule has 114 valence electrons. The molecule has 0 spiro atoms. The molecule has 0 atom stereocenters. The SMILES string of the molecule is N#Cc1cccc(C(=O)NCCn2ccc(C(F)(F)F)n2)c1. The Bertz CT molecular complexity index is 715. The molecule has 1 N–H and O–H groups in total. The lowest BCUT2D eigenvalue weighted by Crippen LogP contribution is -2.27. The molecule has 1 aromatic carbocycles. The highest BCUT2D eigenvalue weighted by molar-refractivity contribution is 5.94. The first kappa shape index (κ1) is 15.6. The maximum atomic E-state index is 12.4. The van der Waals surface area contributed by atoms with Gasteiger partial charge in [0.25, 0.3) is 5.91 Å². The highest BCUT2D eigenvalue weighted by Crippen LogP contribution is 2.27. The molecule has 0 bridgehead atoms. The maximum Gasteiger partial charge on any atom is 0.435 e. The Kier molecular flexibility index (Phi) is 4.46. The maximum absolute atomic E-state index is 12.4. The molecule has 0 radical (unpaired) electrons. The van der Waals surface area contributed by atoms with Crippen LogP contribution in [0.3, 0.4) is 0 Å². The summed E-state index contributed by atoms with van der Waals surface area (Å²) in [5.74, 6) is -0.402. The summed E-state index contributed by atoms with van der Waals surface area (Å²) in [6.07, 6.45) is -3.28. The summed E-state index contributed by atoms with van der Waals surface area (Å²) >= 11 is 0. The monoisotopic (exact) mass is 308 g/mol. The number of carbonyl (C=O) groups excluding carboxylic acids is 1. The van der Waals surface area contributed by atoms with Crippen LogP contribution in [0.5, 0.6) is 0 Å². The summed E-state index contributed by atoms with van der Waals surface area (Å²) in [4.78, 5) is 11.8. The lowest BCUT2D eigenvalue weighted by atomic mass is 10.1. The van der Waals surface area contributed by atoms with Crippen LogP contribution in [0.25, 0.3) is 0 Å². The average molecular weight is 308 g/mol. The largest absolute Gasteiger partial charge is 0.435 e. The van der Waals surface area contributed by atoms with Crippen molar-refractivity contribution in [2.45, 2.75) is 12.7 Å². The van der Waals surface area contributed by atoms with Crippen molar-refractivity contribution < 1.29 is 18.0 Å². The number of rotatable bonds is 4. The van der Waals surface area contributed by atoms with E-state index in [2.05, 4.69) is 10.4 Å². The number of amides is 1. The molecule has 0 saturated heterocycles. The van der Waals surface area contributed by atoms with Crippen molar-refractivity contribution in [3.05, 3.63) is 53.3 Å². The van der Waals surface area contributed by atoms with Gasteiger partial charge in [-0.3, -0.25) is 9.48 Å². The van der Waals surface area contributed by atoms with E-state index in [-0.39, 0.29) is 13.1 Å². The lowest BCUT2D eigenvalue weighted by Gasteiger charge is -2.06. The van der Waals surface area contributed by atoms with Gasteiger partial charge in [-0.15, -0.1) is 0 Å². The molecule has 1 amide bonds. The second-order valence-electron chi connectivity index (χ2n) is 4.41. The highest BCUT2D eigenvalue weighted by Gasteiger charge is 2.33. The van der Waals surface area contributed by atoms with Crippen molar-refractivity contribution in [3.8, 4) is 6.07 Å². The zero-order valence-corrected chi connectivity index (χ0v) is 11.3. The van der Waals surface area contributed by atoms with Gasteiger partial charge in [-0.05, 0) is 24.3 Å².